The molecule has 1 rings (SSSR count). The first-order valence-electron chi connectivity index (χ1n) is 3.65. The molecule has 3 nitrogen and oxygen atoms in total. The minimum absolute atomic E-state index is 0.0764. The van der Waals surface area contributed by atoms with Gasteiger partial charge in [-0.15, -0.1) is 4.65 Å². The first kappa shape index (κ1) is 7.57. The van der Waals surface area contributed by atoms with Crippen LogP contribution in [0.25, 0.3) is 0 Å². The molecule has 1 unspecified atom stereocenters. The van der Waals surface area contributed by atoms with E-state index < -0.39 is 0 Å². The zero-order valence-electron chi connectivity index (χ0n) is 6.62. The van der Waals surface area contributed by atoms with Gasteiger partial charge in [-0.2, -0.15) is 0 Å². The van der Waals surface area contributed by atoms with Gasteiger partial charge < -0.3 is 4.90 Å². The molecule has 58 valence electrons. The monoisotopic (exact) mass is 143 g/mol. The molecular weight excluding hydrogens is 128 g/mol. The lowest BCUT2D eigenvalue weighted by Gasteiger charge is -2.22. The summed E-state index contributed by atoms with van der Waals surface area (Å²) in [6.45, 7) is 3.57. The zero-order chi connectivity index (χ0) is 7.61. The molecule has 1 aliphatic rings. The molecule has 0 aromatic rings. The van der Waals surface area contributed by atoms with Crippen molar-refractivity contribution in [3.63, 3.8) is 0 Å². The Morgan fingerprint density at radius 3 is 2.80 bits per heavy atom. The lowest BCUT2D eigenvalue weighted by Crippen LogP contribution is -2.41. The van der Waals surface area contributed by atoms with Gasteiger partial charge in [0.25, 0.3) is 0 Å². The van der Waals surface area contributed by atoms with Gasteiger partial charge in [-0.3, -0.25) is 0 Å². The van der Waals surface area contributed by atoms with Crippen LogP contribution in [0.5, 0.6) is 0 Å². The second-order valence-corrected chi connectivity index (χ2v) is 2.91. The van der Waals surface area contributed by atoms with E-state index in [4.69, 9.17) is 0 Å². The maximum atomic E-state index is 9.67. The Kier molecular flexibility index (Phi) is 1.97. The predicted molar refractivity (Wildman–Crippen MR) is 39.0 cm³/mol. The quantitative estimate of drug-likeness (QED) is 0.582. The molecule has 0 aromatic heterocycles. The number of hydrogen-bond donors (Lipinski definition) is 1. The highest BCUT2D eigenvalue weighted by Crippen LogP contribution is 2.12. The highest BCUT2D eigenvalue weighted by molar-refractivity contribution is 4.76. The molecule has 0 aliphatic carbocycles. The molecule has 0 spiro atoms. The maximum absolute atomic E-state index is 9.67. The van der Waals surface area contributed by atoms with Crippen LogP contribution in [0.15, 0.2) is 12.4 Å². The smallest absolute Gasteiger partial charge is 0.188 e. The third kappa shape index (κ3) is 1.49. The van der Waals surface area contributed by atoms with Crippen molar-refractivity contribution in [1.29, 1.82) is 0 Å². The van der Waals surface area contributed by atoms with Crippen molar-refractivity contribution in [2.75, 3.05) is 20.3 Å². The molecule has 0 bridgehead atoms. The van der Waals surface area contributed by atoms with E-state index in [1.54, 1.807) is 0 Å². The molecule has 1 N–H and O–H groups in total. The third-order valence-corrected chi connectivity index (χ3v) is 1.68. The van der Waals surface area contributed by atoms with Gasteiger partial charge in [0.15, 0.2) is 6.67 Å². The van der Waals surface area contributed by atoms with Crippen LogP contribution >= 0.6 is 0 Å². The lowest BCUT2D eigenvalue weighted by atomic mass is 10.4. The van der Waals surface area contributed by atoms with E-state index in [9.17, 15) is 5.21 Å². The van der Waals surface area contributed by atoms with Gasteiger partial charge in [0, 0.05) is 7.05 Å². The molecule has 0 saturated carbocycles. The summed E-state index contributed by atoms with van der Waals surface area (Å²) < 4.78 is 0.0764. The van der Waals surface area contributed by atoms with E-state index in [1.165, 1.54) is 0 Å². The molecule has 0 saturated heterocycles. The lowest BCUT2D eigenvalue weighted by molar-refractivity contribution is -1.06. The van der Waals surface area contributed by atoms with E-state index in [-0.39, 0.29) is 4.65 Å². The normalized spacial score (nSPS) is 31.7. The van der Waals surface area contributed by atoms with Crippen molar-refractivity contribution >= 4 is 0 Å². The zero-order valence-corrected chi connectivity index (χ0v) is 6.62. The first-order valence-corrected chi connectivity index (χ1v) is 3.65. The van der Waals surface area contributed by atoms with Crippen molar-refractivity contribution < 1.29 is 9.85 Å². The van der Waals surface area contributed by atoms with E-state index >= 15 is 0 Å². The molecule has 1 atom stereocenters. The van der Waals surface area contributed by atoms with Crippen molar-refractivity contribution in [3.8, 4) is 0 Å². The Morgan fingerprint density at radius 1 is 1.70 bits per heavy atom. The number of hydrogen-bond acceptors (Lipinski definition) is 2. The molecule has 1 heterocycles. The summed E-state index contributed by atoms with van der Waals surface area (Å²) >= 11 is 0. The highest BCUT2D eigenvalue weighted by atomic mass is 16.5. The molecule has 1 aliphatic heterocycles. The van der Waals surface area contributed by atoms with Crippen molar-refractivity contribution in [3.05, 3.63) is 12.4 Å². The summed E-state index contributed by atoms with van der Waals surface area (Å²) in [5.74, 6) is 0. The molecule has 0 fully saturated rings. The van der Waals surface area contributed by atoms with Crippen LogP contribution in [0.1, 0.15) is 13.3 Å². The summed E-state index contributed by atoms with van der Waals surface area (Å²) in [5.41, 5.74) is 0. The van der Waals surface area contributed by atoms with E-state index in [2.05, 4.69) is 6.92 Å². The second-order valence-electron chi connectivity index (χ2n) is 2.91. The van der Waals surface area contributed by atoms with Gasteiger partial charge in [-0.25, -0.2) is 5.21 Å². The molecule has 0 aromatic carbocycles. The Morgan fingerprint density at radius 2 is 2.40 bits per heavy atom. The van der Waals surface area contributed by atoms with Gasteiger partial charge in [-0.1, -0.05) is 6.92 Å². The van der Waals surface area contributed by atoms with Crippen LogP contribution in [0.3, 0.4) is 0 Å². The molecule has 3 heteroatoms. The fourth-order valence-electron chi connectivity index (χ4n) is 1.25. The second kappa shape index (κ2) is 2.60. The van der Waals surface area contributed by atoms with Crippen LogP contribution in [0.2, 0.25) is 0 Å². The topological polar surface area (TPSA) is 23.5 Å². The van der Waals surface area contributed by atoms with Gasteiger partial charge >= 0.3 is 0 Å². The standard InChI is InChI=1S/C7H15N2O/c1-3-5-9(10)6-4-8(2)7-9/h4,6,10H,3,5,7H2,1-2H3/q+1. The largest absolute Gasteiger partial charge is 0.327 e. The first-order chi connectivity index (χ1) is 4.66. The Bertz CT molecular complexity index is 147. The minimum Gasteiger partial charge on any atom is -0.327 e. The molecule has 0 amide bonds. The SMILES string of the molecule is CCC[N+]1(O)C=CN(C)C1. The fraction of sp³-hybridized carbons (Fsp3) is 0.714. The number of hydroxylamine groups is 3. The predicted octanol–water partition coefficient (Wildman–Crippen LogP) is 0.976. The average Bonchev–Trinajstić information content (AvgIpc) is 2.12. The van der Waals surface area contributed by atoms with Gasteiger partial charge in [0.1, 0.15) is 12.7 Å². The van der Waals surface area contributed by atoms with E-state index in [1.807, 2.05) is 24.3 Å². The van der Waals surface area contributed by atoms with Crippen LogP contribution in [0.4, 0.5) is 0 Å². The van der Waals surface area contributed by atoms with E-state index in [0.717, 1.165) is 13.0 Å². The summed E-state index contributed by atoms with van der Waals surface area (Å²) in [4.78, 5) is 1.98. The Balaban J connectivity index is 2.48. The highest BCUT2D eigenvalue weighted by Gasteiger charge is 2.27. The Hall–Kier alpha value is -0.540. The molecular formula is C7H15N2O+. The fourth-order valence-corrected chi connectivity index (χ4v) is 1.25. The molecule has 0 radical (unpaired) electrons. The van der Waals surface area contributed by atoms with Gasteiger partial charge in [-0.05, 0) is 6.42 Å². The minimum atomic E-state index is 0.0764. The number of nitrogens with zero attached hydrogens (tertiary/aromatic N) is 2. The van der Waals surface area contributed by atoms with Gasteiger partial charge in [0.05, 0.1) is 6.20 Å². The molecule has 10 heavy (non-hydrogen) atoms. The van der Waals surface area contributed by atoms with E-state index in [0.29, 0.717) is 6.67 Å². The van der Waals surface area contributed by atoms with Crippen LogP contribution in [0, 0.1) is 0 Å². The third-order valence-electron chi connectivity index (χ3n) is 1.68. The van der Waals surface area contributed by atoms with Crippen molar-refractivity contribution in [2.45, 2.75) is 13.3 Å². The summed E-state index contributed by atoms with van der Waals surface area (Å²) in [6.07, 6.45) is 4.74. The van der Waals surface area contributed by atoms with Crippen LogP contribution in [-0.4, -0.2) is 35.0 Å². The average molecular weight is 143 g/mol. The summed E-state index contributed by atoms with van der Waals surface area (Å²) in [5, 5.41) is 9.67. The van der Waals surface area contributed by atoms with Crippen molar-refractivity contribution in [1.82, 2.24) is 4.90 Å². The van der Waals surface area contributed by atoms with Crippen LogP contribution < -0.4 is 0 Å². The maximum Gasteiger partial charge on any atom is 0.188 e. The summed E-state index contributed by atoms with van der Waals surface area (Å²) in [7, 11) is 1.96. The number of rotatable bonds is 2. The Labute approximate surface area is 61.7 Å². The van der Waals surface area contributed by atoms with Crippen molar-refractivity contribution in [2.24, 2.45) is 0 Å². The van der Waals surface area contributed by atoms with Gasteiger partial charge in [0.2, 0.25) is 0 Å². The number of quaternary nitrogens is 1. The van der Waals surface area contributed by atoms with Crippen LogP contribution in [-0.2, 0) is 0 Å². The summed E-state index contributed by atoms with van der Waals surface area (Å²) in [6, 6.07) is 0.